The summed E-state index contributed by atoms with van der Waals surface area (Å²) in [7, 11) is 0. The van der Waals surface area contributed by atoms with Gasteiger partial charge in [-0.1, -0.05) is 32.4 Å². The summed E-state index contributed by atoms with van der Waals surface area (Å²) >= 11 is 9.58. The number of anilines is 1. The van der Waals surface area contributed by atoms with E-state index in [2.05, 4.69) is 46.8 Å². The number of hydrogen-bond donors (Lipinski definition) is 1. The van der Waals surface area contributed by atoms with Gasteiger partial charge in [0.05, 0.1) is 10.7 Å². The van der Waals surface area contributed by atoms with Crippen LogP contribution in [0.4, 0.5) is 10.6 Å². The van der Waals surface area contributed by atoms with Crippen LogP contribution in [0.2, 0.25) is 5.15 Å². The molecule has 1 aliphatic heterocycles. The van der Waals surface area contributed by atoms with E-state index in [-0.39, 0.29) is 22.5 Å². The Morgan fingerprint density at radius 2 is 2.12 bits per heavy atom. The highest BCUT2D eigenvalue weighted by atomic mass is 79.9. The minimum Gasteiger partial charge on any atom is -0.465 e. The number of amides is 1. The molecule has 0 spiro atoms. The van der Waals surface area contributed by atoms with Crippen LogP contribution in [0, 0.1) is 11.3 Å². The van der Waals surface area contributed by atoms with Crippen molar-refractivity contribution in [2.45, 2.75) is 39.7 Å². The van der Waals surface area contributed by atoms with Crippen LogP contribution < -0.4 is 4.90 Å². The molecule has 1 atom stereocenters. The van der Waals surface area contributed by atoms with E-state index in [1.807, 2.05) is 0 Å². The predicted molar refractivity (Wildman–Crippen MR) is 103 cm³/mol. The summed E-state index contributed by atoms with van der Waals surface area (Å²) in [6.07, 6.45) is 2.18. The van der Waals surface area contributed by atoms with Crippen LogP contribution in [-0.4, -0.2) is 45.1 Å². The van der Waals surface area contributed by atoms with Crippen LogP contribution in [0.3, 0.4) is 0 Å². The van der Waals surface area contributed by atoms with Gasteiger partial charge in [-0.05, 0) is 40.1 Å². The van der Waals surface area contributed by atoms with E-state index in [1.54, 1.807) is 12.3 Å². The molecule has 2 aromatic rings. The number of ether oxygens (including phenoxy) is 1. The largest absolute Gasteiger partial charge is 0.465 e. The summed E-state index contributed by atoms with van der Waals surface area (Å²) in [5.74, 6) is 0.575. The number of fused-ring (bicyclic) bond motifs is 1. The van der Waals surface area contributed by atoms with Crippen molar-refractivity contribution in [1.82, 2.24) is 14.6 Å². The molecule has 142 valence electrons. The third-order valence-corrected chi connectivity index (χ3v) is 5.46. The normalized spacial score (nSPS) is 17.4. The molecule has 1 amide bonds. The Hall–Kier alpha value is -1.38. The first-order valence-corrected chi connectivity index (χ1v) is 9.67. The zero-order valence-electron chi connectivity index (χ0n) is 14.9. The number of carboxylic acid groups (broad SMARTS) is 1. The molecule has 26 heavy (non-hydrogen) atoms. The van der Waals surface area contributed by atoms with Crippen LogP contribution in [0.5, 0.6) is 0 Å². The minimum absolute atomic E-state index is 0.181. The van der Waals surface area contributed by atoms with Crippen molar-refractivity contribution >= 4 is 45.1 Å². The summed E-state index contributed by atoms with van der Waals surface area (Å²) in [4.78, 5) is 18.0. The Morgan fingerprint density at radius 3 is 2.69 bits per heavy atom. The quantitative estimate of drug-likeness (QED) is 0.705. The highest BCUT2D eigenvalue weighted by Gasteiger charge is 2.42. The molecule has 1 unspecified atom stereocenters. The summed E-state index contributed by atoms with van der Waals surface area (Å²) in [5.41, 5.74) is 0.200. The van der Waals surface area contributed by atoms with E-state index in [0.717, 1.165) is 12.8 Å². The zero-order chi connectivity index (χ0) is 19.1. The molecule has 0 radical (unpaired) electrons. The van der Waals surface area contributed by atoms with Crippen molar-refractivity contribution in [3.05, 3.63) is 21.9 Å². The summed E-state index contributed by atoms with van der Waals surface area (Å²) < 4.78 is 7.65. The first-order chi connectivity index (χ1) is 12.2. The number of halogens is 2. The zero-order valence-corrected chi connectivity index (χ0v) is 17.3. The maximum atomic E-state index is 12.4. The summed E-state index contributed by atoms with van der Waals surface area (Å²) in [6, 6.07) is 1.30. The lowest BCUT2D eigenvalue weighted by molar-refractivity contribution is 0.0412. The second kappa shape index (κ2) is 7.32. The van der Waals surface area contributed by atoms with E-state index in [1.165, 1.54) is 9.42 Å². The third-order valence-electron chi connectivity index (χ3n) is 4.71. The molecule has 1 N–H and O–H groups in total. The lowest BCUT2D eigenvalue weighted by Crippen LogP contribution is -2.53. The molecule has 1 aliphatic rings. The fourth-order valence-corrected chi connectivity index (χ4v) is 4.29. The van der Waals surface area contributed by atoms with E-state index < -0.39 is 6.09 Å². The molecule has 1 fully saturated rings. The average molecular weight is 446 g/mol. The van der Waals surface area contributed by atoms with Crippen molar-refractivity contribution in [3.8, 4) is 0 Å². The van der Waals surface area contributed by atoms with E-state index in [9.17, 15) is 9.90 Å². The Labute approximate surface area is 165 Å². The average Bonchev–Trinajstić information content (AvgIpc) is 2.92. The Morgan fingerprint density at radius 1 is 1.46 bits per heavy atom. The number of aromatic nitrogens is 3. The third kappa shape index (κ3) is 3.68. The van der Waals surface area contributed by atoms with E-state index in [0.29, 0.717) is 29.2 Å². The van der Waals surface area contributed by atoms with E-state index in [4.69, 9.17) is 16.3 Å². The number of nitrogens with zero attached hydrogens (tertiary/aromatic N) is 4. The van der Waals surface area contributed by atoms with Gasteiger partial charge in [-0.2, -0.15) is 9.61 Å². The number of carbonyl (C=O) groups is 1. The second-order valence-electron chi connectivity index (χ2n) is 7.58. The van der Waals surface area contributed by atoms with Crippen molar-refractivity contribution < 1.29 is 14.6 Å². The summed E-state index contributed by atoms with van der Waals surface area (Å²) in [6.45, 7) is 7.46. The minimum atomic E-state index is -1.04. The molecular formula is C17H22BrClN4O3. The molecule has 0 bridgehead atoms. The molecule has 0 aliphatic carbocycles. The molecule has 3 rings (SSSR count). The molecule has 2 aromatic heterocycles. The van der Waals surface area contributed by atoms with Crippen LogP contribution in [0.15, 0.2) is 16.7 Å². The standard InChI is InChI=1S/C17H22BrClN4O3/c1-17(2,3)14(10-4-6-26-7-5-10)22(16(24)25)13-8-12(19)21-15-11(18)9-20-23(13)15/h8-10,14H,4-7H2,1-3H3,(H,24,25). The fourth-order valence-electron chi connectivity index (χ4n) is 3.76. The highest BCUT2D eigenvalue weighted by molar-refractivity contribution is 9.10. The van der Waals surface area contributed by atoms with Crippen molar-refractivity contribution in [2.75, 3.05) is 18.1 Å². The predicted octanol–water partition coefficient (Wildman–Crippen LogP) is 4.47. The van der Waals surface area contributed by atoms with Gasteiger partial charge in [-0.15, -0.1) is 0 Å². The van der Waals surface area contributed by atoms with Crippen molar-refractivity contribution in [1.29, 1.82) is 0 Å². The van der Waals surface area contributed by atoms with Gasteiger partial charge in [0.1, 0.15) is 11.0 Å². The smallest absolute Gasteiger partial charge is 0.413 e. The molecule has 9 heteroatoms. The second-order valence-corrected chi connectivity index (χ2v) is 8.82. The van der Waals surface area contributed by atoms with Crippen LogP contribution in [-0.2, 0) is 4.74 Å². The van der Waals surface area contributed by atoms with Crippen LogP contribution in [0.25, 0.3) is 5.65 Å². The molecule has 0 aromatic carbocycles. The monoisotopic (exact) mass is 444 g/mol. The molecule has 7 nitrogen and oxygen atoms in total. The molecule has 1 saturated heterocycles. The van der Waals surface area contributed by atoms with Crippen molar-refractivity contribution in [2.24, 2.45) is 11.3 Å². The molecule has 3 heterocycles. The maximum Gasteiger partial charge on any atom is 0.413 e. The Bertz CT molecular complexity index is 814. The van der Waals surface area contributed by atoms with Gasteiger partial charge in [0.25, 0.3) is 0 Å². The lowest BCUT2D eigenvalue weighted by Gasteiger charge is -2.44. The van der Waals surface area contributed by atoms with Gasteiger partial charge in [0.15, 0.2) is 5.65 Å². The van der Waals surface area contributed by atoms with Crippen LogP contribution in [0.1, 0.15) is 33.6 Å². The molecular weight excluding hydrogens is 424 g/mol. The van der Waals surface area contributed by atoms with E-state index >= 15 is 0 Å². The fraction of sp³-hybridized carbons (Fsp3) is 0.588. The van der Waals surface area contributed by atoms with Gasteiger partial charge in [0.2, 0.25) is 0 Å². The Kier molecular flexibility index (Phi) is 5.46. The van der Waals surface area contributed by atoms with Crippen molar-refractivity contribution in [3.63, 3.8) is 0 Å². The lowest BCUT2D eigenvalue weighted by atomic mass is 9.75. The number of hydrogen-bond acceptors (Lipinski definition) is 4. The van der Waals surface area contributed by atoms with Gasteiger partial charge >= 0.3 is 6.09 Å². The first-order valence-electron chi connectivity index (χ1n) is 8.50. The SMILES string of the molecule is CC(C)(C)C(C1CCOCC1)N(C(=O)O)c1cc(Cl)nc2c(Br)cnn12. The van der Waals surface area contributed by atoms with Crippen LogP contribution >= 0.6 is 27.5 Å². The maximum absolute atomic E-state index is 12.4. The molecule has 0 saturated carbocycles. The van der Waals surface area contributed by atoms with Gasteiger partial charge in [-0.25, -0.2) is 9.78 Å². The topological polar surface area (TPSA) is 80.0 Å². The first kappa shape index (κ1) is 19.4. The van der Waals surface area contributed by atoms with Gasteiger partial charge < -0.3 is 9.84 Å². The number of rotatable bonds is 3. The van der Waals surface area contributed by atoms with Gasteiger partial charge in [-0.3, -0.25) is 4.90 Å². The van der Waals surface area contributed by atoms with Gasteiger partial charge in [0, 0.05) is 25.3 Å². The summed E-state index contributed by atoms with van der Waals surface area (Å²) in [5, 5.41) is 14.6. The Balaban J connectivity index is 2.17. The highest BCUT2D eigenvalue weighted by Crippen LogP contribution is 2.38.